The maximum Gasteiger partial charge on any atom is 0.433 e. The molecule has 0 saturated carbocycles. The second-order valence-corrected chi connectivity index (χ2v) is 8.18. The summed E-state index contributed by atoms with van der Waals surface area (Å²) in [5, 5.41) is 2.24. The number of halogens is 4. The third-order valence-corrected chi connectivity index (χ3v) is 5.47. The lowest BCUT2D eigenvalue weighted by atomic mass is 10.1. The van der Waals surface area contributed by atoms with E-state index < -0.39 is 41.5 Å². The smallest absolute Gasteiger partial charge is 0.315 e. The Morgan fingerprint density at radius 3 is 2.41 bits per heavy atom. The van der Waals surface area contributed by atoms with Crippen molar-refractivity contribution in [2.24, 2.45) is 14.1 Å². The molecule has 34 heavy (non-hydrogen) atoms. The van der Waals surface area contributed by atoms with Gasteiger partial charge in [-0.1, -0.05) is 28.1 Å². The summed E-state index contributed by atoms with van der Waals surface area (Å²) < 4.78 is 44.2. The third-order valence-electron chi connectivity index (χ3n) is 4.94. The highest BCUT2D eigenvalue weighted by molar-refractivity contribution is 9.10. The van der Waals surface area contributed by atoms with Crippen LogP contribution in [0.5, 0.6) is 0 Å². The van der Waals surface area contributed by atoms with Crippen LogP contribution in [-0.2, 0) is 31.6 Å². The molecular formula is C20H15BrF3N7O3. The predicted molar refractivity (Wildman–Crippen MR) is 119 cm³/mol. The van der Waals surface area contributed by atoms with Crippen molar-refractivity contribution in [2.75, 3.05) is 5.32 Å². The number of amides is 1. The lowest BCUT2D eigenvalue weighted by Gasteiger charge is -2.12. The summed E-state index contributed by atoms with van der Waals surface area (Å²) in [6, 6.07) is 7.19. The standard InChI is InChI=1S/C20H15BrF3N7O3/c1-29-16-15(17(33)30(2)19(29)34)31(9-25-16)8-14(32)28-18-26-12(7-13(27-18)20(22,23)24)10-3-5-11(21)6-4-10/h3-7,9H,8H2,1-2H3,(H,26,27,28,32). The molecule has 10 nitrogen and oxygen atoms in total. The molecule has 1 amide bonds. The van der Waals surface area contributed by atoms with Crippen LogP contribution >= 0.6 is 15.9 Å². The first-order valence-electron chi connectivity index (χ1n) is 9.58. The van der Waals surface area contributed by atoms with Gasteiger partial charge in [-0.2, -0.15) is 13.2 Å². The van der Waals surface area contributed by atoms with Gasteiger partial charge in [0, 0.05) is 24.1 Å². The van der Waals surface area contributed by atoms with Crippen LogP contribution in [-0.4, -0.2) is 34.6 Å². The quantitative estimate of drug-likeness (QED) is 0.427. The summed E-state index contributed by atoms with van der Waals surface area (Å²) in [4.78, 5) is 48.6. The zero-order chi connectivity index (χ0) is 24.8. The minimum Gasteiger partial charge on any atom is -0.315 e. The summed E-state index contributed by atoms with van der Waals surface area (Å²) in [6.07, 6.45) is -3.59. The van der Waals surface area contributed by atoms with Crippen molar-refractivity contribution in [1.29, 1.82) is 0 Å². The monoisotopic (exact) mass is 537 g/mol. The molecule has 0 aliphatic rings. The molecule has 3 heterocycles. The molecule has 0 radical (unpaired) electrons. The van der Waals surface area contributed by atoms with Gasteiger partial charge in [0.15, 0.2) is 16.9 Å². The first kappa shape index (κ1) is 23.4. The van der Waals surface area contributed by atoms with Gasteiger partial charge in [-0.05, 0) is 18.2 Å². The molecule has 0 aliphatic heterocycles. The molecule has 4 rings (SSSR count). The number of aromatic nitrogens is 6. The SMILES string of the molecule is Cn1c(=O)c2c(ncn2CC(=O)Nc2nc(-c3ccc(Br)cc3)cc(C(F)(F)F)n2)n(C)c1=O. The number of nitrogens with one attached hydrogen (secondary N) is 1. The molecule has 0 spiro atoms. The second kappa shape index (κ2) is 8.52. The molecule has 0 atom stereocenters. The van der Waals surface area contributed by atoms with Crippen molar-refractivity contribution in [3.63, 3.8) is 0 Å². The largest absolute Gasteiger partial charge is 0.433 e. The summed E-state index contributed by atoms with van der Waals surface area (Å²) in [6.45, 7) is -0.475. The lowest BCUT2D eigenvalue weighted by Crippen LogP contribution is -2.37. The molecule has 0 unspecified atom stereocenters. The van der Waals surface area contributed by atoms with Crippen molar-refractivity contribution < 1.29 is 18.0 Å². The molecule has 1 N–H and O–H groups in total. The maximum atomic E-state index is 13.4. The maximum absolute atomic E-state index is 13.4. The van der Waals surface area contributed by atoms with Crippen LogP contribution < -0.4 is 16.6 Å². The molecule has 0 bridgehead atoms. The number of nitrogens with zero attached hydrogens (tertiary/aromatic N) is 6. The first-order valence-corrected chi connectivity index (χ1v) is 10.4. The van der Waals surface area contributed by atoms with E-state index in [0.29, 0.717) is 5.56 Å². The highest BCUT2D eigenvalue weighted by atomic mass is 79.9. The van der Waals surface area contributed by atoms with Gasteiger partial charge in [-0.15, -0.1) is 0 Å². The van der Waals surface area contributed by atoms with Gasteiger partial charge in [0.1, 0.15) is 6.54 Å². The molecule has 14 heteroatoms. The summed E-state index contributed by atoms with van der Waals surface area (Å²) >= 11 is 3.25. The molecule has 0 aliphatic carbocycles. The van der Waals surface area contributed by atoms with Gasteiger partial charge < -0.3 is 4.57 Å². The number of alkyl halides is 3. The number of aryl methyl sites for hydroxylation is 1. The summed E-state index contributed by atoms with van der Waals surface area (Å²) in [5.41, 5.74) is -2.10. The van der Waals surface area contributed by atoms with Crippen LogP contribution in [0.2, 0.25) is 0 Å². The Kier molecular flexibility index (Phi) is 5.85. The van der Waals surface area contributed by atoms with Crippen LogP contribution in [0, 0.1) is 0 Å². The van der Waals surface area contributed by atoms with E-state index in [1.54, 1.807) is 24.3 Å². The number of fused-ring (bicyclic) bond motifs is 1. The highest BCUT2D eigenvalue weighted by Crippen LogP contribution is 2.31. The van der Waals surface area contributed by atoms with E-state index in [1.165, 1.54) is 25.0 Å². The lowest BCUT2D eigenvalue weighted by molar-refractivity contribution is -0.141. The van der Waals surface area contributed by atoms with E-state index in [2.05, 4.69) is 36.2 Å². The number of hydrogen-bond donors (Lipinski definition) is 1. The van der Waals surface area contributed by atoms with Crippen LogP contribution in [0.3, 0.4) is 0 Å². The minimum absolute atomic E-state index is 0.0136. The van der Waals surface area contributed by atoms with Gasteiger partial charge in [0.05, 0.1) is 12.0 Å². The number of rotatable bonds is 4. The molecular weight excluding hydrogens is 523 g/mol. The minimum atomic E-state index is -4.77. The molecule has 1 aromatic carbocycles. The molecule has 4 aromatic rings. The third kappa shape index (κ3) is 4.35. The molecule has 3 aromatic heterocycles. The zero-order valence-corrected chi connectivity index (χ0v) is 19.2. The van der Waals surface area contributed by atoms with Gasteiger partial charge in [-0.25, -0.2) is 19.7 Å². The fraction of sp³-hybridized carbons (Fsp3) is 0.200. The van der Waals surface area contributed by atoms with E-state index in [-0.39, 0.29) is 16.9 Å². The predicted octanol–water partition coefficient (Wildman–Crippen LogP) is 2.31. The van der Waals surface area contributed by atoms with Crippen molar-refractivity contribution in [3.8, 4) is 11.3 Å². The Hall–Kier alpha value is -3.81. The normalized spacial score (nSPS) is 11.7. The van der Waals surface area contributed by atoms with Gasteiger partial charge >= 0.3 is 11.9 Å². The summed E-state index contributed by atoms with van der Waals surface area (Å²) in [5.74, 6) is -1.35. The van der Waals surface area contributed by atoms with E-state index in [9.17, 15) is 27.6 Å². The van der Waals surface area contributed by atoms with E-state index >= 15 is 0 Å². The number of hydrogen-bond acceptors (Lipinski definition) is 6. The van der Waals surface area contributed by atoms with Crippen LogP contribution in [0.1, 0.15) is 5.69 Å². The van der Waals surface area contributed by atoms with Crippen LogP contribution in [0.25, 0.3) is 22.4 Å². The zero-order valence-electron chi connectivity index (χ0n) is 17.6. The van der Waals surface area contributed by atoms with Gasteiger partial charge in [0.25, 0.3) is 5.56 Å². The first-order chi connectivity index (χ1) is 16.0. The topological polar surface area (TPSA) is 117 Å². The van der Waals surface area contributed by atoms with Gasteiger partial charge in [0.2, 0.25) is 11.9 Å². The van der Waals surface area contributed by atoms with Crippen molar-refractivity contribution in [3.05, 3.63) is 67.7 Å². The molecule has 0 saturated heterocycles. The van der Waals surface area contributed by atoms with Crippen LogP contribution in [0.4, 0.5) is 19.1 Å². The Morgan fingerprint density at radius 1 is 1.09 bits per heavy atom. The fourth-order valence-electron chi connectivity index (χ4n) is 3.25. The number of carbonyl (C=O) groups excluding carboxylic acids is 1. The summed E-state index contributed by atoms with van der Waals surface area (Å²) in [7, 11) is 2.70. The Balaban J connectivity index is 1.68. The Labute approximate surface area is 196 Å². The second-order valence-electron chi connectivity index (χ2n) is 7.27. The van der Waals surface area contributed by atoms with Gasteiger partial charge in [-0.3, -0.25) is 24.0 Å². The Bertz CT molecular complexity index is 1540. The van der Waals surface area contributed by atoms with Crippen molar-refractivity contribution >= 4 is 38.9 Å². The Morgan fingerprint density at radius 2 is 1.76 bits per heavy atom. The van der Waals surface area contributed by atoms with E-state index in [1.807, 2.05) is 0 Å². The average Bonchev–Trinajstić information content (AvgIpc) is 3.19. The molecule has 0 fully saturated rings. The number of imidazole rings is 1. The highest BCUT2D eigenvalue weighted by Gasteiger charge is 2.34. The number of carbonyl (C=O) groups is 1. The number of benzene rings is 1. The fourth-order valence-corrected chi connectivity index (χ4v) is 3.52. The van der Waals surface area contributed by atoms with E-state index in [0.717, 1.165) is 19.7 Å². The van der Waals surface area contributed by atoms with Crippen LogP contribution in [0.15, 0.2) is 50.7 Å². The molecule has 176 valence electrons. The number of anilines is 1. The van der Waals surface area contributed by atoms with Crippen molar-refractivity contribution in [1.82, 2.24) is 28.7 Å². The van der Waals surface area contributed by atoms with Crippen molar-refractivity contribution in [2.45, 2.75) is 12.7 Å². The average molecular weight is 538 g/mol. The van der Waals surface area contributed by atoms with E-state index in [4.69, 9.17) is 0 Å².